The first-order chi connectivity index (χ1) is 11.1. The molecular formula is C16H22N4O3. The molecule has 23 heavy (non-hydrogen) atoms. The van der Waals surface area contributed by atoms with Crippen LogP contribution in [0.3, 0.4) is 0 Å². The SMILES string of the molecule is Cn1c(=O)c2c(N3CCCCC3CCO)ccnc2n(C)c1=O. The molecule has 0 radical (unpaired) electrons. The number of aryl methyl sites for hydroxylation is 1. The first kappa shape index (κ1) is 15.7. The smallest absolute Gasteiger partial charge is 0.332 e. The number of hydrogen-bond donors (Lipinski definition) is 1. The molecule has 2 aromatic heterocycles. The van der Waals surface area contributed by atoms with E-state index in [0.29, 0.717) is 17.5 Å². The van der Waals surface area contributed by atoms with Crippen LogP contribution in [0.4, 0.5) is 5.69 Å². The van der Waals surface area contributed by atoms with Gasteiger partial charge in [0.2, 0.25) is 0 Å². The van der Waals surface area contributed by atoms with E-state index in [4.69, 9.17) is 0 Å². The second-order valence-electron chi connectivity index (χ2n) is 6.09. The van der Waals surface area contributed by atoms with Gasteiger partial charge in [-0.15, -0.1) is 0 Å². The van der Waals surface area contributed by atoms with E-state index in [2.05, 4.69) is 9.88 Å². The summed E-state index contributed by atoms with van der Waals surface area (Å²) in [5, 5.41) is 9.80. The van der Waals surface area contributed by atoms with Crippen LogP contribution in [-0.4, -0.2) is 38.4 Å². The molecule has 2 aromatic rings. The highest BCUT2D eigenvalue weighted by atomic mass is 16.3. The number of aliphatic hydroxyl groups excluding tert-OH is 1. The van der Waals surface area contributed by atoms with Crippen molar-refractivity contribution in [1.82, 2.24) is 14.1 Å². The van der Waals surface area contributed by atoms with Crippen LogP contribution < -0.4 is 16.1 Å². The van der Waals surface area contributed by atoms with Gasteiger partial charge in [-0.05, 0) is 31.7 Å². The fourth-order valence-electron chi connectivity index (χ4n) is 3.48. The highest BCUT2D eigenvalue weighted by molar-refractivity contribution is 5.88. The number of nitrogens with zero attached hydrogens (tertiary/aromatic N) is 4. The lowest BCUT2D eigenvalue weighted by Crippen LogP contribution is -2.42. The van der Waals surface area contributed by atoms with E-state index in [9.17, 15) is 14.7 Å². The predicted octanol–water partition coefficient (Wildman–Crippen LogP) is 0.373. The van der Waals surface area contributed by atoms with Gasteiger partial charge in [0.15, 0.2) is 5.65 Å². The molecule has 7 heteroatoms. The summed E-state index contributed by atoms with van der Waals surface area (Å²) in [5.41, 5.74) is 0.519. The van der Waals surface area contributed by atoms with E-state index in [1.165, 1.54) is 11.6 Å². The number of piperidine rings is 1. The maximum absolute atomic E-state index is 12.7. The largest absolute Gasteiger partial charge is 0.396 e. The Labute approximate surface area is 133 Å². The Kier molecular flexibility index (Phi) is 4.21. The summed E-state index contributed by atoms with van der Waals surface area (Å²) in [6.45, 7) is 0.969. The fourth-order valence-corrected chi connectivity index (χ4v) is 3.48. The van der Waals surface area contributed by atoms with Gasteiger partial charge in [0, 0.05) is 39.5 Å². The van der Waals surface area contributed by atoms with Crippen LogP contribution in [-0.2, 0) is 14.1 Å². The Morgan fingerprint density at radius 1 is 1.26 bits per heavy atom. The third-order valence-electron chi connectivity index (χ3n) is 4.72. The van der Waals surface area contributed by atoms with Gasteiger partial charge in [-0.25, -0.2) is 9.78 Å². The van der Waals surface area contributed by atoms with Crippen molar-refractivity contribution in [2.45, 2.75) is 31.7 Å². The molecule has 1 atom stereocenters. The zero-order valence-electron chi connectivity index (χ0n) is 13.5. The number of pyridine rings is 1. The molecule has 1 saturated heterocycles. The van der Waals surface area contributed by atoms with E-state index in [0.717, 1.165) is 36.1 Å². The molecule has 1 unspecified atom stereocenters. The molecule has 0 bridgehead atoms. The monoisotopic (exact) mass is 318 g/mol. The fraction of sp³-hybridized carbons (Fsp3) is 0.562. The van der Waals surface area contributed by atoms with Gasteiger partial charge in [-0.3, -0.25) is 13.9 Å². The van der Waals surface area contributed by atoms with Gasteiger partial charge in [0.25, 0.3) is 5.56 Å². The van der Waals surface area contributed by atoms with Gasteiger partial charge in [-0.1, -0.05) is 0 Å². The average molecular weight is 318 g/mol. The Morgan fingerprint density at radius 3 is 2.78 bits per heavy atom. The second kappa shape index (κ2) is 6.16. The topological polar surface area (TPSA) is 80.4 Å². The van der Waals surface area contributed by atoms with Crippen LogP contribution in [0, 0.1) is 0 Å². The van der Waals surface area contributed by atoms with Crippen molar-refractivity contribution in [3.8, 4) is 0 Å². The van der Waals surface area contributed by atoms with E-state index < -0.39 is 0 Å². The van der Waals surface area contributed by atoms with Crippen molar-refractivity contribution in [3.05, 3.63) is 33.1 Å². The summed E-state index contributed by atoms with van der Waals surface area (Å²) in [6.07, 6.45) is 5.49. The van der Waals surface area contributed by atoms with Gasteiger partial charge in [0.05, 0.1) is 5.69 Å². The van der Waals surface area contributed by atoms with Crippen molar-refractivity contribution in [1.29, 1.82) is 0 Å². The summed E-state index contributed by atoms with van der Waals surface area (Å²) in [6, 6.07) is 2.05. The Morgan fingerprint density at radius 2 is 2.04 bits per heavy atom. The number of aliphatic hydroxyl groups is 1. The lowest BCUT2D eigenvalue weighted by Gasteiger charge is -2.37. The number of anilines is 1. The molecule has 0 amide bonds. The second-order valence-corrected chi connectivity index (χ2v) is 6.09. The number of aromatic nitrogens is 3. The maximum atomic E-state index is 12.7. The zero-order chi connectivity index (χ0) is 16.6. The average Bonchev–Trinajstić information content (AvgIpc) is 2.58. The zero-order valence-corrected chi connectivity index (χ0v) is 13.5. The standard InChI is InChI=1S/C16H22N4O3/c1-18-14-13(15(22)19(2)16(18)23)12(6-8-17-14)20-9-4-3-5-11(20)7-10-21/h6,8,11,21H,3-5,7,9-10H2,1-2H3. The maximum Gasteiger partial charge on any atom is 0.332 e. The van der Waals surface area contributed by atoms with Crippen molar-refractivity contribution >= 4 is 16.7 Å². The highest BCUT2D eigenvalue weighted by Gasteiger charge is 2.25. The summed E-state index contributed by atoms with van der Waals surface area (Å²) in [7, 11) is 3.12. The van der Waals surface area contributed by atoms with Crippen LogP contribution in [0.2, 0.25) is 0 Å². The minimum Gasteiger partial charge on any atom is -0.396 e. The van der Waals surface area contributed by atoms with Crippen LogP contribution in [0.15, 0.2) is 21.9 Å². The number of fused-ring (bicyclic) bond motifs is 1. The molecule has 3 rings (SSSR count). The molecule has 124 valence electrons. The molecule has 1 aliphatic rings. The molecular weight excluding hydrogens is 296 g/mol. The van der Waals surface area contributed by atoms with Gasteiger partial charge >= 0.3 is 5.69 Å². The quantitative estimate of drug-likeness (QED) is 0.884. The Balaban J connectivity index is 2.26. The van der Waals surface area contributed by atoms with Crippen molar-refractivity contribution in [2.75, 3.05) is 18.1 Å². The van der Waals surface area contributed by atoms with Crippen molar-refractivity contribution in [2.24, 2.45) is 14.1 Å². The summed E-state index contributed by atoms with van der Waals surface area (Å²) < 4.78 is 2.53. The van der Waals surface area contributed by atoms with Gasteiger partial charge in [-0.2, -0.15) is 0 Å². The molecule has 1 aliphatic heterocycles. The van der Waals surface area contributed by atoms with Crippen molar-refractivity contribution < 1.29 is 5.11 Å². The first-order valence-corrected chi connectivity index (χ1v) is 7.98. The van der Waals surface area contributed by atoms with Crippen molar-refractivity contribution in [3.63, 3.8) is 0 Å². The number of hydrogen-bond acceptors (Lipinski definition) is 5. The minimum atomic E-state index is -0.377. The predicted molar refractivity (Wildman–Crippen MR) is 88.9 cm³/mol. The highest BCUT2D eigenvalue weighted by Crippen LogP contribution is 2.29. The summed E-state index contributed by atoms with van der Waals surface area (Å²) >= 11 is 0. The molecule has 1 fully saturated rings. The van der Waals surface area contributed by atoms with E-state index in [1.54, 1.807) is 13.2 Å². The van der Waals surface area contributed by atoms with Crippen LogP contribution >= 0.6 is 0 Å². The number of rotatable bonds is 3. The molecule has 0 aliphatic carbocycles. The normalized spacial score (nSPS) is 18.6. The van der Waals surface area contributed by atoms with E-state index in [1.807, 2.05) is 6.07 Å². The molecule has 0 aromatic carbocycles. The van der Waals surface area contributed by atoms with E-state index >= 15 is 0 Å². The lowest BCUT2D eigenvalue weighted by molar-refractivity contribution is 0.262. The molecule has 1 N–H and O–H groups in total. The molecule has 0 saturated carbocycles. The van der Waals surface area contributed by atoms with Gasteiger partial charge < -0.3 is 10.0 Å². The molecule has 3 heterocycles. The minimum absolute atomic E-state index is 0.126. The molecule has 0 spiro atoms. The molecule has 7 nitrogen and oxygen atoms in total. The van der Waals surface area contributed by atoms with Crippen LogP contribution in [0.5, 0.6) is 0 Å². The van der Waals surface area contributed by atoms with Gasteiger partial charge in [0.1, 0.15) is 5.39 Å². The third-order valence-corrected chi connectivity index (χ3v) is 4.72. The first-order valence-electron chi connectivity index (χ1n) is 7.98. The van der Waals surface area contributed by atoms with Crippen LogP contribution in [0.1, 0.15) is 25.7 Å². The summed E-state index contributed by atoms with van der Waals surface area (Å²) in [5.74, 6) is 0. The Hall–Kier alpha value is -2.15. The summed E-state index contributed by atoms with van der Waals surface area (Å²) in [4.78, 5) is 31.2. The lowest BCUT2D eigenvalue weighted by atomic mass is 9.98. The van der Waals surface area contributed by atoms with Crippen LogP contribution in [0.25, 0.3) is 11.0 Å². The van der Waals surface area contributed by atoms with E-state index in [-0.39, 0.29) is 23.9 Å². The Bertz CT molecular complexity index is 838. The third kappa shape index (κ3) is 2.55.